The molecule has 1 aromatic heterocycles. The maximum atomic E-state index is 11.9. The van der Waals surface area contributed by atoms with Crippen molar-refractivity contribution in [2.45, 2.75) is 76.8 Å². The highest BCUT2D eigenvalue weighted by molar-refractivity contribution is 5.80. The van der Waals surface area contributed by atoms with Crippen LogP contribution < -0.4 is 5.32 Å². The lowest BCUT2D eigenvalue weighted by Crippen LogP contribution is -2.25. The van der Waals surface area contributed by atoms with Gasteiger partial charge in [-0.15, -0.1) is 0 Å². The minimum Gasteiger partial charge on any atom is -0.350 e. The predicted octanol–water partition coefficient (Wildman–Crippen LogP) is 2.90. The number of hydrogen-bond acceptors (Lipinski definition) is 2. The van der Waals surface area contributed by atoms with Crippen LogP contribution in [-0.4, -0.2) is 15.7 Å². The van der Waals surface area contributed by atoms with Gasteiger partial charge in [0.25, 0.3) is 0 Å². The number of fused-ring (bicyclic) bond motifs is 1. The van der Waals surface area contributed by atoms with Gasteiger partial charge in [0.1, 0.15) is 0 Å². The molecular weight excluding hydrogens is 262 g/mol. The topological polar surface area (TPSA) is 46.9 Å². The fourth-order valence-corrected chi connectivity index (χ4v) is 3.96. The van der Waals surface area contributed by atoms with Gasteiger partial charge in [0.05, 0.1) is 18.3 Å². The molecule has 0 spiro atoms. The number of hydrogen-bond donors (Lipinski definition) is 1. The number of nitrogens with zero attached hydrogens (tertiary/aromatic N) is 2. The van der Waals surface area contributed by atoms with Crippen LogP contribution in [0.2, 0.25) is 0 Å². The van der Waals surface area contributed by atoms with Crippen molar-refractivity contribution in [3.05, 3.63) is 17.0 Å². The Labute approximate surface area is 126 Å². The Morgan fingerprint density at radius 1 is 1.10 bits per heavy atom. The minimum atomic E-state index is 0.231. The average molecular weight is 287 g/mol. The molecule has 1 aromatic rings. The van der Waals surface area contributed by atoms with E-state index >= 15 is 0 Å². The van der Waals surface area contributed by atoms with Gasteiger partial charge >= 0.3 is 0 Å². The molecule has 1 heterocycles. The monoisotopic (exact) mass is 287 g/mol. The van der Waals surface area contributed by atoms with Crippen LogP contribution in [0.25, 0.3) is 0 Å². The number of nitrogens with one attached hydrogen (secondary N) is 1. The second-order valence-corrected chi connectivity index (χ2v) is 6.95. The third-order valence-electron chi connectivity index (χ3n) is 5.34. The zero-order valence-corrected chi connectivity index (χ0v) is 12.7. The van der Waals surface area contributed by atoms with Crippen molar-refractivity contribution in [1.29, 1.82) is 0 Å². The lowest BCUT2D eigenvalue weighted by atomic mass is 9.95. The SMILES string of the molecule is O=C(NCc1nn(C2CCCC2)c2c1CCCC2)C1CC1. The number of carbonyl (C=O) groups is 1. The summed E-state index contributed by atoms with van der Waals surface area (Å²) >= 11 is 0. The molecule has 0 aromatic carbocycles. The van der Waals surface area contributed by atoms with Gasteiger partial charge in [-0.05, 0) is 56.9 Å². The summed E-state index contributed by atoms with van der Waals surface area (Å²) in [6.07, 6.45) is 12.3. The minimum absolute atomic E-state index is 0.231. The quantitative estimate of drug-likeness (QED) is 0.925. The first kappa shape index (κ1) is 13.4. The highest BCUT2D eigenvalue weighted by Crippen LogP contribution is 2.34. The lowest BCUT2D eigenvalue weighted by molar-refractivity contribution is -0.122. The standard InChI is InChI=1S/C17H25N3O/c21-17(12-9-10-12)18-11-15-14-7-3-4-8-16(14)20(19-15)13-5-1-2-6-13/h12-13H,1-11H2,(H,18,21). The number of rotatable bonds is 4. The zero-order chi connectivity index (χ0) is 14.2. The molecule has 3 aliphatic rings. The fraction of sp³-hybridized carbons (Fsp3) is 0.765. The van der Waals surface area contributed by atoms with E-state index in [1.807, 2.05) is 0 Å². The normalized spacial score (nSPS) is 22.3. The maximum absolute atomic E-state index is 11.9. The van der Waals surface area contributed by atoms with Crippen molar-refractivity contribution in [3.63, 3.8) is 0 Å². The van der Waals surface area contributed by atoms with Gasteiger partial charge in [-0.1, -0.05) is 12.8 Å². The largest absolute Gasteiger partial charge is 0.350 e. The highest BCUT2D eigenvalue weighted by atomic mass is 16.2. The number of amides is 1. The van der Waals surface area contributed by atoms with Gasteiger partial charge in [0.2, 0.25) is 5.91 Å². The van der Waals surface area contributed by atoms with E-state index in [2.05, 4.69) is 10.00 Å². The molecule has 0 radical (unpaired) electrons. The molecule has 1 amide bonds. The summed E-state index contributed by atoms with van der Waals surface area (Å²) in [5, 5.41) is 8.03. The Morgan fingerprint density at radius 3 is 2.62 bits per heavy atom. The van der Waals surface area contributed by atoms with E-state index in [9.17, 15) is 4.79 Å². The van der Waals surface area contributed by atoms with E-state index < -0.39 is 0 Å². The Hall–Kier alpha value is -1.32. The van der Waals surface area contributed by atoms with Crippen LogP contribution in [0.1, 0.15) is 74.4 Å². The molecule has 4 nitrogen and oxygen atoms in total. The molecule has 21 heavy (non-hydrogen) atoms. The van der Waals surface area contributed by atoms with Gasteiger partial charge in [0, 0.05) is 11.6 Å². The van der Waals surface area contributed by atoms with Gasteiger partial charge in [-0.3, -0.25) is 9.48 Å². The molecule has 0 atom stereocenters. The summed E-state index contributed by atoms with van der Waals surface area (Å²) < 4.78 is 2.33. The zero-order valence-electron chi connectivity index (χ0n) is 12.7. The smallest absolute Gasteiger partial charge is 0.223 e. The lowest BCUT2D eigenvalue weighted by Gasteiger charge is -2.18. The van der Waals surface area contributed by atoms with Gasteiger partial charge in [-0.25, -0.2) is 0 Å². The summed E-state index contributed by atoms with van der Waals surface area (Å²) in [7, 11) is 0. The molecular formula is C17H25N3O. The fourth-order valence-electron chi connectivity index (χ4n) is 3.96. The van der Waals surface area contributed by atoms with Crippen LogP contribution in [0.4, 0.5) is 0 Å². The molecule has 1 N–H and O–H groups in total. The van der Waals surface area contributed by atoms with Crippen molar-refractivity contribution < 1.29 is 4.79 Å². The predicted molar refractivity (Wildman–Crippen MR) is 80.9 cm³/mol. The van der Waals surface area contributed by atoms with Crippen LogP contribution in [0.5, 0.6) is 0 Å². The van der Waals surface area contributed by atoms with Crippen LogP contribution in [-0.2, 0) is 24.2 Å². The Kier molecular flexibility index (Phi) is 3.48. The van der Waals surface area contributed by atoms with Crippen LogP contribution >= 0.6 is 0 Å². The number of aromatic nitrogens is 2. The van der Waals surface area contributed by atoms with E-state index in [1.54, 1.807) is 0 Å². The third kappa shape index (κ3) is 2.60. The first-order valence-electron chi connectivity index (χ1n) is 8.70. The van der Waals surface area contributed by atoms with E-state index in [-0.39, 0.29) is 11.8 Å². The molecule has 2 fully saturated rings. The Bertz CT molecular complexity index is 538. The molecule has 114 valence electrons. The molecule has 0 saturated heterocycles. The summed E-state index contributed by atoms with van der Waals surface area (Å²) in [5.41, 5.74) is 4.07. The van der Waals surface area contributed by atoms with E-state index in [0.29, 0.717) is 12.6 Å². The van der Waals surface area contributed by atoms with E-state index in [0.717, 1.165) is 25.0 Å². The molecule has 4 rings (SSSR count). The molecule has 4 heteroatoms. The Morgan fingerprint density at radius 2 is 1.86 bits per heavy atom. The van der Waals surface area contributed by atoms with Crippen LogP contribution in [0.15, 0.2) is 0 Å². The third-order valence-corrected chi connectivity index (χ3v) is 5.34. The summed E-state index contributed by atoms with van der Waals surface area (Å²) in [6.45, 7) is 0.636. The van der Waals surface area contributed by atoms with Crippen molar-refractivity contribution in [2.75, 3.05) is 0 Å². The van der Waals surface area contributed by atoms with Crippen molar-refractivity contribution in [1.82, 2.24) is 15.1 Å². The first-order chi connectivity index (χ1) is 10.3. The van der Waals surface area contributed by atoms with Crippen LogP contribution in [0, 0.1) is 5.92 Å². The average Bonchev–Trinajstić information content (AvgIpc) is 3.10. The van der Waals surface area contributed by atoms with Crippen LogP contribution in [0.3, 0.4) is 0 Å². The molecule has 0 bridgehead atoms. The van der Waals surface area contributed by atoms with E-state index in [4.69, 9.17) is 5.10 Å². The summed E-state index contributed by atoms with van der Waals surface area (Å²) in [6, 6.07) is 0.615. The molecule has 2 saturated carbocycles. The van der Waals surface area contributed by atoms with Crippen molar-refractivity contribution >= 4 is 5.91 Å². The Balaban J connectivity index is 1.55. The summed E-state index contributed by atoms with van der Waals surface area (Å²) in [5.74, 6) is 0.521. The molecule has 0 unspecified atom stereocenters. The summed E-state index contributed by atoms with van der Waals surface area (Å²) in [4.78, 5) is 11.9. The molecule has 3 aliphatic carbocycles. The van der Waals surface area contributed by atoms with Crippen molar-refractivity contribution in [3.8, 4) is 0 Å². The highest BCUT2D eigenvalue weighted by Gasteiger charge is 2.30. The van der Waals surface area contributed by atoms with E-state index in [1.165, 1.54) is 56.2 Å². The van der Waals surface area contributed by atoms with Gasteiger partial charge in [-0.2, -0.15) is 5.10 Å². The van der Waals surface area contributed by atoms with Crippen molar-refractivity contribution in [2.24, 2.45) is 5.92 Å². The maximum Gasteiger partial charge on any atom is 0.223 e. The molecule has 0 aliphatic heterocycles. The number of carbonyl (C=O) groups excluding carboxylic acids is 1. The second-order valence-electron chi connectivity index (χ2n) is 6.95. The van der Waals surface area contributed by atoms with Gasteiger partial charge in [0.15, 0.2) is 0 Å². The second kappa shape index (κ2) is 5.47. The van der Waals surface area contributed by atoms with Gasteiger partial charge < -0.3 is 5.32 Å². The first-order valence-corrected chi connectivity index (χ1v) is 8.70.